The molecule has 3 heteroatoms. The van der Waals surface area contributed by atoms with Gasteiger partial charge in [-0.1, -0.05) is 0 Å². The van der Waals surface area contributed by atoms with Crippen LogP contribution in [-0.2, 0) is 0 Å². The van der Waals surface area contributed by atoms with Crippen LogP contribution < -0.4 is 11.2 Å². The van der Waals surface area contributed by atoms with Crippen molar-refractivity contribution in [1.82, 2.24) is 0 Å². The second-order valence-corrected chi connectivity index (χ2v) is 3.26. The Balaban J connectivity index is 3.60. The molecular weight excluding hydrogens is 149 g/mol. The Labute approximate surface area is 73.8 Å². The molecule has 0 aromatic heterocycles. The van der Waals surface area contributed by atoms with Crippen LogP contribution in [0.1, 0.15) is 16.7 Å². The summed E-state index contributed by atoms with van der Waals surface area (Å²) in [4.78, 5) is 0. The summed E-state index contributed by atoms with van der Waals surface area (Å²) in [7, 11) is 1.91. The van der Waals surface area contributed by atoms with Gasteiger partial charge < -0.3 is 10.8 Å². The Morgan fingerprint density at radius 3 is 2.08 bits per heavy atom. The van der Waals surface area contributed by atoms with Gasteiger partial charge in [0.15, 0.2) is 0 Å². The number of phenols is 1. The zero-order chi connectivity index (χ0) is 9.46. The number of benzene rings is 1. The van der Waals surface area contributed by atoms with E-state index in [4.69, 9.17) is 5.73 Å². The average Bonchev–Trinajstić information content (AvgIpc) is 2.08. The highest BCUT2D eigenvalue weighted by atomic mass is 16.3. The number of rotatable bonds is 0. The van der Waals surface area contributed by atoms with Crippen molar-refractivity contribution in [2.75, 3.05) is 5.73 Å². The molecule has 12 heavy (non-hydrogen) atoms. The van der Waals surface area contributed by atoms with E-state index in [-0.39, 0.29) is 0 Å². The summed E-state index contributed by atoms with van der Waals surface area (Å²) < 4.78 is 0. The minimum atomic E-state index is 0.329. The van der Waals surface area contributed by atoms with Crippen molar-refractivity contribution in [3.05, 3.63) is 16.7 Å². The van der Waals surface area contributed by atoms with Crippen LogP contribution in [0.5, 0.6) is 5.75 Å². The van der Waals surface area contributed by atoms with Crippen molar-refractivity contribution in [3.8, 4) is 5.75 Å². The van der Waals surface area contributed by atoms with E-state index in [0.717, 1.165) is 22.2 Å². The Morgan fingerprint density at radius 2 is 1.58 bits per heavy atom. The third-order valence-corrected chi connectivity index (χ3v) is 2.64. The van der Waals surface area contributed by atoms with Crippen LogP contribution in [0, 0.1) is 20.8 Å². The van der Waals surface area contributed by atoms with Crippen LogP contribution in [0.15, 0.2) is 0 Å². The number of aromatic hydroxyl groups is 1. The molecule has 1 rings (SSSR count). The molecule has 0 saturated heterocycles. The van der Waals surface area contributed by atoms with E-state index in [2.05, 4.69) is 0 Å². The second-order valence-electron chi connectivity index (χ2n) is 3.26. The minimum Gasteiger partial charge on any atom is -0.508 e. The minimum absolute atomic E-state index is 0.329. The van der Waals surface area contributed by atoms with Crippen molar-refractivity contribution in [2.24, 2.45) is 0 Å². The monoisotopic (exact) mass is 163 g/mol. The number of nitrogens with two attached hydrogens (primary N) is 1. The van der Waals surface area contributed by atoms with Crippen molar-refractivity contribution in [2.45, 2.75) is 20.8 Å². The lowest BCUT2D eigenvalue weighted by atomic mass is 9.85. The Morgan fingerprint density at radius 1 is 1.08 bits per heavy atom. The van der Waals surface area contributed by atoms with Gasteiger partial charge in [0.1, 0.15) is 13.6 Å². The lowest BCUT2D eigenvalue weighted by Gasteiger charge is -2.13. The van der Waals surface area contributed by atoms with Gasteiger partial charge in [0.05, 0.1) is 0 Å². The molecule has 0 radical (unpaired) electrons. The van der Waals surface area contributed by atoms with Gasteiger partial charge in [-0.05, 0) is 37.4 Å². The highest BCUT2D eigenvalue weighted by Gasteiger charge is 2.10. The average molecular weight is 163 g/mol. The third kappa shape index (κ3) is 1.05. The van der Waals surface area contributed by atoms with Crippen LogP contribution in [-0.4, -0.2) is 13.0 Å². The molecule has 3 N–H and O–H groups in total. The van der Waals surface area contributed by atoms with E-state index in [0.29, 0.717) is 11.4 Å². The maximum atomic E-state index is 9.61. The van der Waals surface area contributed by atoms with Gasteiger partial charge in [-0.2, -0.15) is 0 Å². The quantitative estimate of drug-likeness (QED) is 0.422. The molecule has 0 saturated carbocycles. The molecule has 1 aromatic rings. The topological polar surface area (TPSA) is 46.2 Å². The smallest absolute Gasteiger partial charge is 0.144 e. The van der Waals surface area contributed by atoms with Crippen LogP contribution in [0.25, 0.3) is 0 Å². The van der Waals surface area contributed by atoms with Crippen molar-refractivity contribution < 1.29 is 5.11 Å². The number of hydrogen-bond acceptors (Lipinski definition) is 2. The summed E-state index contributed by atoms with van der Waals surface area (Å²) in [5.41, 5.74) is 10.4. The van der Waals surface area contributed by atoms with Gasteiger partial charge in [0.25, 0.3) is 0 Å². The van der Waals surface area contributed by atoms with Gasteiger partial charge in [-0.25, -0.2) is 0 Å². The van der Waals surface area contributed by atoms with Crippen molar-refractivity contribution in [1.29, 1.82) is 0 Å². The zero-order valence-electron chi connectivity index (χ0n) is 8.02. The summed E-state index contributed by atoms with van der Waals surface area (Å²) in [5, 5.41) is 9.61. The fourth-order valence-electron chi connectivity index (χ4n) is 1.35. The predicted molar refractivity (Wildman–Crippen MR) is 54.9 cm³/mol. The molecule has 1 aromatic carbocycles. The fraction of sp³-hybridized carbons (Fsp3) is 0.333. The molecular formula is C9H14BNO. The molecule has 64 valence electrons. The molecule has 0 spiro atoms. The zero-order valence-corrected chi connectivity index (χ0v) is 8.02. The lowest BCUT2D eigenvalue weighted by Crippen LogP contribution is -2.13. The molecule has 0 aliphatic heterocycles. The summed E-state index contributed by atoms with van der Waals surface area (Å²) in [6, 6.07) is 0. The number of hydrogen-bond donors (Lipinski definition) is 2. The molecule has 0 amide bonds. The standard InChI is InChI=1S/C9H14BNO/c1-4-5(2)8(11)6(3)9(12)7(4)10/h12H,10-11H2,1-3H3. The summed E-state index contributed by atoms with van der Waals surface area (Å²) >= 11 is 0. The highest BCUT2D eigenvalue weighted by Crippen LogP contribution is 2.25. The molecule has 2 nitrogen and oxygen atoms in total. The van der Waals surface area contributed by atoms with E-state index in [1.807, 2.05) is 28.6 Å². The molecule has 0 aliphatic rings. The third-order valence-electron chi connectivity index (χ3n) is 2.64. The largest absolute Gasteiger partial charge is 0.508 e. The first kappa shape index (κ1) is 8.98. The second kappa shape index (κ2) is 2.74. The Bertz CT molecular complexity index is 229. The van der Waals surface area contributed by atoms with Crippen molar-refractivity contribution >= 4 is 19.0 Å². The van der Waals surface area contributed by atoms with Crippen LogP contribution in [0.2, 0.25) is 0 Å². The maximum Gasteiger partial charge on any atom is 0.144 e. The van der Waals surface area contributed by atoms with Gasteiger partial charge in [-0.3, -0.25) is 0 Å². The first-order valence-electron chi connectivity index (χ1n) is 4.01. The molecule has 0 bridgehead atoms. The SMILES string of the molecule is Bc1c(C)c(C)c(N)c(C)c1O. The Hall–Kier alpha value is -1.12. The van der Waals surface area contributed by atoms with Gasteiger partial charge in [0, 0.05) is 11.3 Å². The summed E-state index contributed by atoms with van der Waals surface area (Å²) in [5.74, 6) is 0.329. The fourth-order valence-corrected chi connectivity index (χ4v) is 1.35. The molecule has 0 fully saturated rings. The van der Waals surface area contributed by atoms with E-state index in [1.54, 1.807) is 0 Å². The van der Waals surface area contributed by atoms with Crippen LogP contribution in [0.3, 0.4) is 0 Å². The number of nitrogen functional groups attached to an aromatic ring is 1. The van der Waals surface area contributed by atoms with Gasteiger partial charge in [0.2, 0.25) is 0 Å². The van der Waals surface area contributed by atoms with E-state index in [9.17, 15) is 5.11 Å². The first-order chi connectivity index (χ1) is 5.46. The van der Waals surface area contributed by atoms with Crippen LogP contribution in [0.4, 0.5) is 5.69 Å². The lowest BCUT2D eigenvalue weighted by molar-refractivity contribution is 0.475. The van der Waals surface area contributed by atoms with Crippen LogP contribution >= 0.6 is 0 Å². The predicted octanol–water partition coefficient (Wildman–Crippen LogP) is 0.158. The molecule has 0 heterocycles. The van der Waals surface area contributed by atoms with Gasteiger partial charge in [-0.15, -0.1) is 0 Å². The normalized spacial score (nSPS) is 10.2. The van der Waals surface area contributed by atoms with E-state index < -0.39 is 0 Å². The van der Waals surface area contributed by atoms with E-state index >= 15 is 0 Å². The first-order valence-corrected chi connectivity index (χ1v) is 4.01. The maximum absolute atomic E-state index is 9.61. The number of anilines is 1. The molecule has 0 unspecified atom stereocenters. The molecule has 0 atom stereocenters. The Kier molecular flexibility index (Phi) is 2.05. The summed E-state index contributed by atoms with van der Waals surface area (Å²) in [6.45, 7) is 5.79. The highest BCUT2D eigenvalue weighted by molar-refractivity contribution is 6.35. The van der Waals surface area contributed by atoms with E-state index in [1.165, 1.54) is 0 Å². The van der Waals surface area contributed by atoms with Crippen molar-refractivity contribution in [3.63, 3.8) is 0 Å². The summed E-state index contributed by atoms with van der Waals surface area (Å²) in [6.07, 6.45) is 0. The number of phenolic OH excluding ortho intramolecular Hbond substituents is 1. The van der Waals surface area contributed by atoms with Gasteiger partial charge >= 0.3 is 0 Å². The molecule has 0 aliphatic carbocycles.